The Hall–Kier alpha value is -0.590. The van der Waals surface area contributed by atoms with Crippen LogP contribution in [0.4, 0.5) is 0 Å². The first-order valence-corrected chi connectivity index (χ1v) is 6.22. The van der Waals surface area contributed by atoms with E-state index in [2.05, 4.69) is 18.0 Å². The summed E-state index contributed by atoms with van der Waals surface area (Å²) in [7, 11) is 2.12. The minimum Gasteiger partial charge on any atom is -0.396 e. The lowest BCUT2D eigenvalue weighted by Crippen LogP contribution is -2.22. The molecule has 0 aromatic rings. The fraction of sp³-hybridized carbons (Fsp3) is 0.923. The zero-order chi connectivity index (χ0) is 12.4. The van der Waals surface area contributed by atoms with Gasteiger partial charge in [0.25, 0.3) is 0 Å². The molecule has 0 bridgehead atoms. The smallest absolute Gasteiger partial charge is 0.0683 e. The Bertz CT molecular complexity index is 208. The van der Waals surface area contributed by atoms with E-state index in [4.69, 9.17) is 10.4 Å². The highest BCUT2D eigenvalue weighted by Gasteiger charge is 2.15. The van der Waals surface area contributed by atoms with Crippen LogP contribution in [0.3, 0.4) is 0 Å². The predicted molar refractivity (Wildman–Crippen MR) is 67.1 cm³/mol. The molecule has 0 unspecified atom stereocenters. The van der Waals surface area contributed by atoms with E-state index in [1.54, 1.807) is 0 Å². The molecule has 0 spiro atoms. The van der Waals surface area contributed by atoms with Gasteiger partial charge in [0.15, 0.2) is 0 Å². The molecular weight excluding hydrogens is 200 g/mol. The van der Waals surface area contributed by atoms with Gasteiger partial charge in [-0.05, 0) is 66.1 Å². The minimum atomic E-state index is -0.183. The first-order valence-electron chi connectivity index (χ1n) is 6.22. The van der Waals surface area contributed by atoms with Crippen molar-refractivity contribution < 1.29 is 5.11 Å². The number of hydrogen-bond acceptors (Lipinski definition) is 3. The Kier molecular flexibility index (Phi) is 8.23. The van der Waals surface area contributed by atoms with Gasteiger partial charge in [-0.2, -0.15) is 5.26 Å². The van der Waals surface area contributed by atoms with E-state index in [0.717, 1.165) is 45.2 Å². The van der Waals surface area contributed by atoms with E-state index < -0.39 is 0 Å². The van der Waals surface area contributed by atoms with Crippen LogP contribution in [0, 0.1) is 16.7 Å². The summed E-state index contributed by atoms with van der Waals surface area (Å²) in [5, 5.41) is 17.5. The summed E-state index contributed by atoms with van der Waals surface area (Å²) in [5.41, 5.74) is -0.183. The summed E-state index contributed by atoms with van der Waals surface area (Å²) >= 11 is 0. The van der Waals surface area contributed by atoms with Crippen molar-refractivity contribution in [1.82, 2.24) is 4.90 Å². The fourth-order valence-electron chi connectivity index (χ4n) is 1.63. The molecule has 0 atom stereocenters. The number of nitriles is 1. The van der Waals surface area contributed by atoms with Gasteiger partial charge < -0.3 is 10.0 Å². The van der Waals surface area contributed by atoms with Gasteiger partial charge in [0.05, 0.1) is 11.5 Å². The van der Waals surface area contributed by atoms with Crippen LogP contribution < -0.4 is 0 Å². The maximum Gasteiger partial charge on any atom is 0.0683 e. The number of hydrogen-bond donors (Lipinski definition) is 1. The highest BCUT2D eigenvalue weighted by atomic mass is 16.2. The van der Waals surface area contributed by atoms with Gasteiger partial charge in [-0.15, -0.1) is 0 Å². The van der Waals surface area contributed by atoms with Gasteiger partial charge >= 0.3 is 0 Å². The third-order valence-electron chi connectivity index (χ3n) is 2.84. The molecular formula is C13H26N2O. The van der Waals surface area contributed by atoms with E-state index >= 15 is 0 Å². The van der Waals surface area contributed by atoms with E-state index in [1.165, 1.54) is 0 Å². The maximum absolute atomic E-state index is 8.87. The number of unbranched alkanes of at least 4 members (excludes halogenated alkanes) is 2. The highest BCUT2D eigenvalue weighted by molar-refractivity contribution is 4.91. The van der Waals surface area contributed by atoms with Crippen molar-refractivity contribution in [3.05, 3.63) is 0 Å². The Balaban J connectivity index is 3.44. The van der Waals surface area contributed by atoms with Crippen molar-refractivity contribution in [3.63, 3.8) is 0 Å². The third-order valence-corrected chi connectivity index (χ3v) is 2.84. The molecule has 0 aliphatic heterocycles. The lowest BCUT2D eigenvalue weighted by molar-refractivity contribution is 0.268. The number of aliphatic hydroxyl groups is 1. The van der Waals surface area contributed by atoms with Gasteiger partial charge in [-0.25, -0.2) is 0 Å². The zero-order valence-corrected chi connectivity index (χ0v) is 11.0. The molecule has 0 saturated heterocycles. The molecule has 0 aromatic carbocycles. The summed E-state index contributed by atoms with van der Waals surface area (Å²) in [6, 6.07) is 2.33. The third kappa shape index (κ3) is 8.70. The van der Waals surface area contributed by atoms with Crippen molar-refractivity contribution in [2.24, 2.45) is 5.41 Å². The van der Waals surface area contributed by atoms with Gasteiger partial charge in [0.1, 0.15) is 0 Å². The van der Waals surface area contributed by atoms with Crippen molar-refractivity contribution >= 4 is 0 Å². The monoisotopic (exact) mass is 226 g/mol. The molecule has 3 nitrogen and oxygen atoms in total. The second-order valence-corrected chi connectivity index (χ2v) is 5.19. The van der Waals surface area contributed by atoms with Crippen LogP contribution in [0.2, 0.25) is 0 Å². The van der Waals surface area contributed by atoms with Crippen LogP contribution in [0.15, 0.2) is 0 Å². The molecule has 16 heavy (non-hydrogen) atoms. The Morgan fingerprint density at radius 3 is 2.31 bits per heavy atom. The molecule has 0 heterocycles. The number of aliphatic hydroxyl groups excluding tert-OH is 1. The molecule has 1 N–H and O–H groups in total. The van der Waals surface area contributed by atoms with E-state index in [1.807, 2.05) is 13.8 Å². The minimum absolute atomic E-state index is 0.183. The molecule has 0 saturated carbocycles. The van der Waals surface area contributed by atoms with Crippen LogP contribution in [0.5, 0.6) is 0 Å². The normalized spacial score (nSPS) is 11.8. The average Bonchev–Trinajstić information content (AvgIpc) is 2.24. The van der Waals surface area contributed by atoms with E-state index in [9.17, 15) is 0 Å². The zero-order valence-electron chi connectivity index (χ0n) is 11.0. The standard InChI is InChI=1S/C13H26N2O/c1-13(2,12-14)8-7-10-15(3)9-5-4-6-11-16/h16H,4-11H2,1-3H3. The first kappa shape index (κ1) is 15.4. The van der Waals surface area contributed by atoms with Gasteiger partial charge in [-0.3, -0.25) is 0 Å². The van der Waals surface area contributed by atoms with E-state index in [-0.39, 0.29) is 5.41 Å². The largest absolute Gasteiger partial charge is 0.396 e. The molecule has 94 valence electrons. The van der Waals surface area contributed by atoms with Crippen LogP contribution in [0.1, 0.15) is 46.0 Å². The van der Waals surface area contributed by atoms with Crippen molar-refractivity contribution in [2.45, 2.75) is 46.0 Å². The molecule has 0 fully saturated rings. The topological polar surface area (TPSA) is 47.3 Å². The SMILES string of the molecule is CN(CCCCCO)CCCC(C)(C)C#N. The van der Waals surface area contributed by atoms with Crippen molar-refractivity contribution in [2.75, 3.05) is 26.7 Å². The predicted octanol–water partition coefficient (Wildman–Crippen LogP) is 2.41. The summed E-state index contributed by atoms with van der Waals surface area (Å²) < 4.78 is 0. The number of nitrogens with zero attached hydrogens (tertiary/aromatic N) is 2. The van der Waals surface area contributed by atoms with Gasteiger partial charge in [0.2, 0.25) is 0 Å². The van der Waals surface area contributed by atoms with Crippen LogP contribution >= 0.6 is 0 Å². The fourth-order valence-corrected chi connectivity index (χ4v) is 1.63. The van der Waals surface area contributed by atoms with Crippen LogP contribution in [0.25, 0.3) is 0 Å². The molecule has 3 heteroatoms. The molecule has 0 aliphatic rings. The first-order chi connectivity index (χ1) is 7.52. The summed E-state index contributed by atoms with van der Waals surface area (Å²) in [6.45, 7) is 6.44. The molecule has 0 aromatic heterocycles. The lowest BCUT2D eigenvalue weighted by atomic mass is 9.90. The summed E-state index contributed by atoms with van der Waals surface area (Å²) in [4.78, 5) is 2.31. The second kappa shape index (κ2) is 8.55. The van der Waals surface area contributed by atoms with E-state index in [0.29, 0.717) is 6.61 Å². The molecule has 0 radical (unpaired) electrons. The summed E-state index contributed by atoms with van der Waals surface area (Å²) in [6.07, 6.45) is 5.21. The van der Waals surface area contributed by atoms with Crippen molar-refractivity contribution in [3.8, 4) is 6.07 Å². The van der Waals surface area contributed by atoms with Gasteiger partial charge in [0, 0.05) is 6.61 Å². The Labute approximate surface area is 100 Å². The van der Waals surface area contributed by atoms with Gasteiger partial charge in [-0.1, -0.05) is 0 Å². The quantitative estimate of drug-likeness (QED) is 0.614. The average molecular weight is 226 g/mol. The van der Waals surface area contributed by atoms with Crippen molar-refractivity contribution in [1.29, 1.82) is 5.26 Å². The number of rotatable bonds is 9. The molecule has 0 aliphatic carbocycles. The second-order valence-electron chi connectivity index (χ2n) is 5.19. The van der Waals surface area contributed by atoms with Crippen LogP contribution in [-0.2, 0) is 0 Å². The highest BCUT2D eigenvalue weighted by Crippen LogP contribution is 2.20. The summed E-state index contributed by atoms with van der Waals surface area (Å²) in [5.74, 6) is 0. The van der Waals surface area contributed by atoms with Crippen LogP contribution in [-0.4, -0.2) is 36.8 Å². The lowest BCUT2D eigenvalue weighted by Gasteiger charge is -2.19. The molecule has 0 rings (SSSR count). The molecule has 0 amide bonds. The Morgan fingerprint density at radius 1 is 1.12 bits per heavy atom. The maximum atomic E-state index is 8.87. The Morgan fingerprint density at radius 2 is 1.75 bits per heavy atom.